The highest BCUT2D eigenvalue weighted by Gasteiger charge is 2.34. The number of aliphatic hydroxyl groups excluding tert-OH is 1. The molecule has 0 radical (unpaired) electrons. The van der Waals surface area contributed by atoms with Gasteiger partial charge in [0.1, 0.15) is 5.82 Å². The SMILES string of the molecule is Cc1cc(NC(=O)c2cccc(S(=O)(=O)N[C@H]3Cc4ccccc4[C@@H]3O)c2)ccc1F. The Morgan fingerprint density at radius 3 is 2.58 bits per heavy atom. The number of carbonyl (C=O) groups excluding carboxylic acids is 1. The first-order chi connectivity index (χ1) is 14.7. The minimum Gasteiger partial charge on any atom is -0.387 e. The highest BCUT2D eigenvalue weighted by molar-refractivity contribution is 7.89. The number of anilines is 1. The van der Waals surface area contributed by atoms with E-state index in [-0.39, 0.29) is 16.3 Å². The van der Waals surface area contributed by atoms with E-state index in [1.807, 2.05) is 12.1 Å². The average molecular weight is 440 g/mol. The van der Waals surface area contributed by atoms with Crippen LogP contribution in [0.2, 0.25) is 0 Å². The number of hydrogen-bond donors (Lipinski definition) is 3. The van der Waals surface area contributed by atoms with Crippen LogP contribution in [0.4, 0.5) is 10.1 Å². The Labute approximate surface area is 179 Å². The smallest absolute Gasteiger partial charge is 0.255 e. The fourth-order valence-corrected chi connectivity index (χ4v) is 4.96. The quantitative estimate of drug-likeness (QED) is 0.567. The lowest BCUT2D eigenvalue weighted by Crippen LogP contribution is -2.37. The summed E-state index contributed by atoms with van der Waals surface area (Å²) < 4.78 is 41.8. The minimum atomic E-state index is -3.98. The van der Waals surface area contributed by atoms with E-state index in [0.29, 0.717) is 23.2 Å². The molecule has 0 aromatic heterocycles. The summed E-state index contributed by atoms with van der Waals surface area (Å²) in [5, 5.41) is 13.1. The molecule has 160 valence electrons. The molecule has 0 saturated carbocycles. The van der Waals surface area contributed by atoms with Crippen molar-refractivity contribution in [3.05, 3.63) is 94.8 Å². The number of nitrogens with one attached hydrogen (secondary N) is 2. The highest BCUT2D eigenvalue weighted by atomic mass is 32.2. The van der Waals surface area contributed by atoms with Crippen LogP contribution in [0.25, 0.3) is 0 Å². The third-order valence-corrected chi connectivity index (χ3v) is 6.81. The summed E-state index contributed by atoms with van der Waals surface area (Å²) in [6, 6.07) is 16.4. The predicted octanol–water partition coefficient (Wildman–Crippen LogP) is 3.32. The van der Waals surface area contributed by atoms with E-state index in [1.54, 1.807) is 19.1 Å². The summed E-state index contributed by atoms with van der Waals surface area (Å²) in [6.07, 6.45) is -0.570. The first-order valence-corrected chi connectivity index (χ1v) is 11.2. The summed E-state index contributed by atoms with van der Waals surface area (Å²) in [5.74, 6) is -0.898. The van der Waals surface area contributed by atoms with Crippen LogP contribution in [0.3, 0.4) is 0 Å². The van der Waals surface area contributed by atoms with Gasteiger partial charge in [0.2, 0.25) is 10.0 Å². The second-order valence-corrected chi connectivity index (χ2v) is 9.24. The molecule has 31 heavy (non-hydrogen) atoms. The molecule has 8 heteroatoms. The lowest BCUT2D eigenvalue weighted by atomic mass is 10.1. The molecule has 1 aliphatic rings. The van der Waals surface area contributed by atoms with Gasteiger partial charge in [-0.15, -0.1) is 0 Å². The summed E-state index contributed by atoms with van der Waals surface area (Å²) in [4.78, 5) is 12.5. The van der Waals surface area contributed by atoms with Gasteiger partial charge in [-0.05, 0) is 66.4 Å². The van der Waals surface area contributed by atoms with Crippen LogP contribution in [0.5, 0.6) is 0 Å². The first kappa shape index (κ1) is 21.2. The summed E-state index contributed by atoms with van der Waals surface area (Å²) >= 11 is 0. The molecule has 0 spiro atoms. The summed E-state index contributed by atoms with van der Waals surface area (Å²) in [6.45, 7) is 1.58. The number of aliphatic hydroxyl groups is 1. The van der Waals surface area contributed by atoms with E-state index >= 15 is 0 Å². The second-order valence-electron chi connectivity index (χ2n) is 7.52. The van der Waals surface area contributed by atoms with Gasteiger partial charge in [0.25, 0.3) is 5.91 Å². The monoisotopic (exact) mass is 440 g/mol. The number of sulfonamides is 1. The molecule has 0 unspecified atom stereocenters. The van der Waals surface area contributed by atoms with Crippen LogP contribution < -0.4 is 10.0 Å². The van der Waals surface area contributed by atoms with Crippen LogP contribution in [-0.2, 0) is 16.4 Å². The Hall–Kier alpha value is -3.07. The number of benzene rings is 3. The topological polar surface area (TPSA) is 95.5 Å². The van der Waals surface area contributed by atoms with E-state index in [9.17, 15) is 22.7 Å². The number of halogens is 1. The Balaban J connectivity index is 1.52. The number of carbonyl (C=O) groups is 1. The van der Waals surface area contributed by atoms with Crippen molar-refractivity contribution in [1.29, 1.82) is 0 Å². The van der Waals surface area contributed by atoms with E-state index in [2.05, 4.69) is 10.0 Å². The van der Waals surface area contributed by atoms with Gasteiger partial charge in [-0.3, -0.25) is 4.79 Å². The molecular weight excluding hydrogens is 419 g/mol. The zero-order chi connectivity index (χ0) is 22.2. The Kier molecular flexibility index (Phi) is 5.62. The van der Waals surface area contributed by atoms with Crippen molar-refractivity contribution >= 4 is 21.6 Å². The fraction of sp³-hybridized carbons (Fsp3) is 0.174. The van der Waals surface area contributed by atoms with Crippen molar-refractivity contribution in [2.24, 2.45) is 0 Å². The normalized spacial score (nSPS) is 17.9. The van der Waals surface area contributed by atoms with Crippen molar-refractivity contribution in [3.8, 4) is 0 Å². The van der Waals surface area contributed by atoms with Gasteiger partial charge in [0.05, 0.1) is 17.0 Å². The largest absolute Gasteiger partial charge is 0.387 e. The highest BCUT2D eigenvalue weighted by Crippen LogP contribution is 2.32. The van der Waals surface area contributed by atoms with Crippen molar-refractivity contribution in [2.45, 2.75) is 30.4 Å². The molecule has 0 heterocycles. The van der Waals surface area contributed by atoms with Gasteiger partial charge in [-0.2, -0.15) is 0 Å². The fourth-order valence-electron chi connectivity index (χ4n) is 3.68. The van der Waals surface area contributed by atoms with Gasteiger partial charge in [-0.25, -0.2) is 17.5 Å². The molecule has 0 saturated heterocycles. The maximum Gasteiger partial charge on any atom is 0.255 e. The molecule has 0 bridgehead atoms. The summed E-state index contributed by atoms with van der Waals surface area (Å²) in [7, 11) is -3.98. The predicted molar refractivity (Wildman–Crippen MR) is 115 cm³/mol. The van der Waals surface area contributed by atoms with Crippen molar-refractivity contribution in [1.82, 2.24) is 4.72 Å². The van der Waals surface area contributed by atoms with Gasteiger partial charge < -0.3 is 10.4 Å². The van der Waals surface area contributed by atoms with Crippen LogP contribution in [0, 0.1) is 12.7 Å². The second kappa shape index (κ2) is 8.22. The zero-order valence-corrected chi connectivity index (χ0v) is 17.5. The van der Waals surface area contributed by atoms with Crippen LogP contribution in [-0.4, -0.2) is 25.5 Å². The molecular formula is C23H21FN2O4S. The molecule has 1 aliphatic carbocycles. The first-order valence-electron chi connectivity index (χ1n) is 9.70. The number of amides is 1. The Bertz CT molecular complexity index is 1260. The molecule has 6 nitrogen and oxygen atoms in total. The molecule has 3 N–H and O–H groups in total. The molecule has 4 rings (SSSR count). The van der Waals surface area contributed by atoms with Crippen molar-refractivity contribution < 1.29 is 22.7 Å². The Morgan fingerprint density at radius 1 is 1.06 bits per heavy atom. The number of aryl methyl sites for hydroxylation is 1. The molecule has 3 aromatic rings. The number of fused-ring (bicyclic) bond motifs is 1. The summed E-state index contributed by atoms with van der Waals surface area (Å²) in [5.41, 5.74) is 2.53. The average Bonchev–Trinajstić information content (AvgIpc) is 3.06. The van der Waals surface area contributed by atoms with E-state index in [1.165, 1.54) is 42.5 Å². The Morgan fingerprint density at radius 2 is 1.84 bits per heavy atom. The lowest BCUT2D eigenvalue weighted by molar-refractivity contribution is 0.102. The van der Waals surface area contributed by atoms with E-state index in [4.69, 9.17) is 0 Å². The molecule has 3 aromatic carbocycles. The van der Waals surface area contributed by atoms with Crippen molar-refractivity contribution in [3.63, 3.8) is 0 Å². The van der Waals surface area contributed by atoms with Gasteiger partial charge in [0, 0.05) is 11.3 Å². The molecule has 0 aliphatic heterocycles. The van der Waals surface area contributed by atoms with Crippen molar-refractivity contribution in [2.75, 3.05) is 5.32 Å². The maximum atomic E-state index is 13.4. The maximum absolute atomic E-state index is 13.4. The number of rotatable bonds is 5. The lowest BCUT2D eigenvalue weighted by Gasteiger charge is -2.17. The molecule has 1 amide bonds. The van der Waals surface area contributed by atoms with Gasteiger partial charge in [0.15, 0.2) is 0 Å². The van der Waals surface area contributed by atoms with Gasteiger partial charge >= 0.3 is 0 Å². The van der Waals surface area contributed by atoms with E-state index in [0.717, 1.165) is 5.56 Å². The standard InChI is InChI=1S/C23H21FN2O4S/c1-14-11-17(9-10-20(14)24)25-23(28)16-6-4-7-18(12-16)31(29,30)26-21-13-15-5-2-3-8-19(15)22(21)27/h2-12,21-22,26-27H,13H2,1H3,(H,25,28)/t21-,22-/m0/s1. The van der Waals surface area contributed by atoms with Crippen LogP contribution in [0.15, 0.2) is 71.6 Å². The third kappa shape index (κ3) is 4.36. The third-order valence-electron chi connectivity index (χ3n) is 5.32. The van der Waals surface area contributed by atoms with Crippen LogP contribution >= 0.6 is 0 Å². The van der Waals surface area contributed by atoms with Gasteiger partial charge in [-0.1, -0.05) is 30.3 Å². The van der Waals surface area contributed by atoms with Crippen LogP contribution in [0.1, 0.15) is 33.2 Å². The van der Waals surface area contributed by atoms with E-state index < -0.39 is 28.1 Å². The minimum absolute atomic E-state index is 0.0846. The zero-order valence-electron chi connectivity index (χ0n) is 16.7. The molecule has 0 fully saturated rings. The molecule has 2 atom stereocenters. The number of hydrogen-bond acceptors (Lipinski definition) is 4.